The van der Waals surface area contributed by atoms with Crippen LogP contribution in [0.15, 0.2) is 75.2 Å². The molecule has 0 bridgehead atoms. The molecule has 1 fully saturated rings. The number of anilines is 1. The van der Waals surface area contributed by atoms with Crippen molar-refractivity contribution in [2.75, 3.05) is 4.90 Å². The maximum absolute atomic E-state index is 13.9. The summed E-state index contributed by atoms with van der Waals surface area (Å²) in [7, 11) is 0. The summed E-state index contributed by atoms with van der Waals surface area (Å²) >= 11 is 12.8. The highest BCUT2D eigenvalue weighted by Gasteiger charge is 2.37. The SMILES string of the molecule is O=C1NC(=O)N(c2cccc(Cl)c2)C(=O)/C1=C/c1cc(Br)c(OCc2ccccc2F)c(Br)c1. The van der Waals surface area contributed by atoms with Gasteiger partial charge in [-0.3, -0.25) is 14.9 Å². The Kier molecular flexibility index (Phi) is 7.16. The Balaban J connectivity index is 1.62. The third kappa shape index (κ3) is 5.06. The van der Waals surface area contributed by atoms with Gasteiger partial charge in [-0.2, -0.15) is 0 Å². The summed E-state index contributed by atoms with van der Waals surface area (Å²) in [4.78, 5) is 38.7. The lowest BCUT2D eigenvalue weighted by atomic mass is 10.1. The second kappa shape index (κ2) is 10.1. The quantitative estimate of drug-likeness (QED) is 0.275. The van der Waals surface area contributed by atoms with Gasteiger partial charge in [0.2, 0.25) is 0 Å². The molecule has 3 aromatic carbocycles. The molecule has 0 spiro atoms. The van der Waals surface area contributed by atoms with Crippen LogP contribution < -0.4 is 15.0 Å². The minimum atomic E-state index is -0.867. The van der Waals surface area contributed by atoms with Gasteiger partial charge in [0.1, 0.15) is 23.7 Å². The summed E-state index contributed by atoms with van der Waals surface area (Å²) in [6.07, 6.45) is 1.36. The molecule has 3 aromatic rings. The van der Waals surface area contributed by atoms with Gasteiger partial charge in [-0.05, 0) is 79.9 Å². The van der Waals surface area contributed by atoms with Crippen molar-refractivity contribution < 1.29 is 23.5 Å². The van der Waals surface area contributed by atoms with E-state index < -0.39 is 17.8 Å². The molecule has 0 aliphatic carbocycles. The fourth-order valence-corrected chi connectivity index (χ4v) is 4.88. The lowest BCUT2D eigenvalue weighted by Crippen LogP contribution is -2.54. The number of nitrogens with zero attached hydrogens (tertiary/aromatic N) is 1. The van der Waals surface area contributed by atoms with Crippen LogP contribution in [0.25, 0.3) is 6.08 Å². The molecule has 0 aromatic heterocycles. The fraction of sp³-hybridized carbons (Fsp3) is 0.0417. The molecule has 0 saturated carbocycles. The molecule has 6 nitrogen and oxygen atoms in total. The van der Waals surface area contributed by atoms with Gasteiger partial charge in [0.25, 0.3) is 11.8 Å². The lowest BCUT2D eigenvalue weighted by Gasteiger charge is -2.26. The molecule has 34 heavy (non-hydrogen) atoms. The molecule has 1 aliphatic rings. The Morgan fingerprint density at radius 3 is 2.38 bits per heavy atom. The predicted octanol–water partition coefficient (Wildman–Crippen LogP) is 6.25. The van der Waals surface area contributed by atoms with Gasteiger partial charge in [0.05, 0.1) is 14.6 Å². The number of amides is 4. The van der Waals surface area contributed by atoms with Gasteiger partial charge < -0.3 is 4.74 Å². The van der Waals surface area contributed by atoms with Gasteiger partial charge in [-0.1, -0.05) is 35.9 Å². The number of hydrogen-bond donors (Lipinski definition) is 1. The lowest BCUT2D eigenvalue weighted by molar-refractivity contribution is -0.122. The fourth-order valence-electron chi connectivity index (χ4n) is 3.24. The van der Waals surface area contributed by atoms with Crippen LogP contribution in [0.5, 0.6) is 5.75 Å². The largest absolute Gasteiger partial charge is 0.486 e. The molecule has 0 atom stereocenters. The average molecular weight is 609 g/mol. The van der Waals surface area contributed by atoms with Gasteiger partial charge >= 0.3 is 6.03 Å². The van der Waals surface area contributed by atoms with E-state index in [0.717, 1.165) is 4.90 Å². The molecule has 0 radical (unpaired) electrons. The van der Waals surface area contributed by atoms with E-state index in [4.69, 9.17) is 16.3 Å². The smallest absolute Gasteiger partial charge is 0.335 e. The minimum absolute atomic E-state index is 0.00189. The van der Waals surface area contributed by atoms with Crippen molar-refractivity contribution in [2.24, 2.45) is 0 Å². The zero-order valence-corrected chi connectivity index (χ0v) is 21.1. The highest BCUT2D eigenvalue weighted by atomic mass is 79.9. The molecule has 1 N–H and O–H groups in total. The Bertz CT molecular complexity index is 1340. The van der Waals surface area contributed by atoms with Crippen LogP contribution in [-0.4, -0.2) is 17.8 Å². The maximum Gasteiger partial charge on any atom is 0.335 e. The van der Waals surface area contributed by atoms with Crippen molar-refractivity contribution in [3.8, 4) is 5.75 Å². The molecule has 172 valence electrons. The van der Waals surface area contributed by atoms with E-state index in [9.17, 15) is 18.8 Å². The van der Waals surface area contributed by atoms with Crippen molar-refractivity contribution in [1.82, 2.24) is 5.32 Å². The van der Waals surface area contributed by atoms with Crippen LogP contribution in [0.2, 0.25) is 5.02 Å². The molecule has 0 unspecified atom stereocenters. The third-order valence-corrected chi connectivity index (χ3v) is 6.24. The van der Waals surface area contributed by atoms with E-state index >= 15 is 0 Å². The first-order valence-corrected chi connectivity index (χ1v) is 11.7. The van der Waals surface area contributed by atoms with Gasteiger partial charge in [-0.15, -0.1) is 0 Å². The Morgan fingerprint density at radius 2 is 1.71 bits per heavy atom. The van der Waals surface area contributed by atoms with E-state index in [2.05, 4.69) is 37.2 Å². The summed E-state index contributed by atoms with van der Waals surface area (Å²) in [5, 5.41) is 2.50. The number of barbiturate groups is 1. The van der Waals surface area contributed by atoms with Gasteiger partial charge in [-0.25, -0.2) is 14.1 Å². The van der Waals surface area contributed by atoms with E-state index in [0.29, 0.717) is 30.8 Å². The van der Waals surface area contributed by atoms with Crippen LogP contribution in [-0.2, 0) is 16.2 Å². The third-order valence-electron chi connectivity index (χ3n) is 4.83. The van der Waals surface area contributed by atoms with Crippen molar-refractivity contribution in [1.29, 1.82) is 0 Å². The van der Waals surface area contributed by atoms with Crippen LogP contribution >= 0.6 is 43.5 Å². The van der Waals surface area contributed by atoms with Crippen molar-refractivity contribution >= 4 is 73.1 Å². The minimum Gasteiger partial charge on any atom is -0.486 e. The van der Waals surface area contributed by atoms with Crippen molar-refractivity contribution in [2.45, 2.75) is 6.61 Å². The first-order chi connectivity index (χ1) is 16.2. The zero-order valence-electron chi connectivity index (χ0n) is 17.2. The summed E-state index contributed by atoms with van der Waals surface area (Å²) < 4.78 is 20.7. The molecule has 1 saturated heterocycles. The summed E-state index contributed by atoms with van der Waals surface area (Å²) in [6, 6.07) is 14.8. The Labute approximate surface area is 215 Å². The number of carbonyl (C=O) groups excluding carboxylic acids is 3. The average Bonchev–Trinajstić information content (AvgIpc) is 2.77. The van der Waals surface area contributed by atoms with Gasteiger partial charge in [0, 0.05) is 10.6 Å². The van der Waals surface area contributed by atoms with Crippen molar-refractivity contribution in [3.63, 3.8) is 0 Å². The highest BCUT2D eigenvalue weighted by molar-refractivity contribution is 9.11. The van der Waals surface area contributed by atoms with Crippen LogP contribution in [0, 0.1) is 5.82 Å². The Morgan fingerprint density at radius 1 is 1.00 bits per heavy atom. The van der Waals surface area contributed by atoms with Crippen LogP contribution in [0.1, 0.15) is 11.1 Å². The molecule has 4 amide bonds. The Hall–Kier alpha value is -3.01. The number of rotatable bonds is 5. The first kappa shape index (κ1) is 24.1. The summed E-state index contributed by atoms with van der Waals surface area (Å²) in [5.41, 5.74) is 0.865. The van der Waals surface area contributed by atoms with E-state index in [1.165, 1.54) is 24.3 Å². The van der Waals surface area contributed by atoms with E-state index in [-0.39, 0.29) is 23.7 Å². The van der Waals surface area contributed by atoms with E-state index in [1.54, 1.807) is 42.5 Å². The van der Waals surface area contributed by atoms with Crippen molar-refractivity contribution in [3.05, 3.63) is 97.1 Å². The first-order valence-electron chi connectivity index (χ1n) is 9.77. The second-order valence-electron chi connectivity index (χ2n) is 7.13. The number of nitrogens with one attached hydrogen (secondary N) is 1. The normalized spacial score (nSPS) is 15.0. The molecule has 1 heterocycles. The zero-order chi connectivity index (χ0) is 24.4. The number of carbonyl (C=O) groups is 3. The summed E-state index contributed by atoms with van der Waals surface area (Å²) in [6.45, 7) is 0.00189. The molecular weight excluding hydrogens is 595 g/mol. The molecule has 10 heteroatoms. The van der Waals surface area contributed by atoms with Crippen LogP contribution in [0.3, 0.4) is 0 Å². The monoisotopic (exact) mass is 606 g/mol. The number of benzene rings is 3. The predicted molar refractivity (Wildman–Crippen MR) is 133 cm³/mol. The van der Waals surface area contributed by atoms with Gasteiger partial charge in [0.15, 0.2) is 0 Å². The molecule has 4 rings (SSSR count). The van der Waals surface area contributed by atoms with Crippen LogP contribution in [0.4, 0.5) is 14.9 Å². The topological polar surface area (TPSA) is 75.7 Å². The molecule has 1 aliphatic heterocycles. The van der Waals surface area contributed by atoms with E-state index in [1.807, 2.05) is 0 Å². The maximum atomic E-state index is 13.9. The number of halogens is 4. The highest BCUT2D eigenvalue weighted by Crippen LogP contribution is 2.36. The second-order valence-corrected chi connectivity index (χ2v) is 9.28. The number of imide groups is 2. The number of hydrogen-bond acceptors (Lipinski definition) is 4. The molecular formula is C24H14Br2ClFN2O4. The number of ether oxygens (including phenoxy) is 1. The summed E-state index contributed by atoms with van der Waals surface area (Å²) in [5.74, 6) is -1.57. The standard InChI is InChI=1S/C24H14Br2ClFN2O4/c25-18-9-13(10-19(26)21(18)34-12-14-4-1-2-7-20(14)28)8-17-22(31)29-24(33)30(23(17)32)16-6-3-5-15(27)11-16/h1-11H,12H2,(H,29,31,33)/b17-8+. The number of urea groups is 1.